The summed E-state index contributed by atoms with van der Waals surface area (Å²) in [4.78, 5) is 11.8. The summed E-state index contributed by atoms with van der Waals surface area (Å²) in [6, 6.07) is 8.91. The van der Waals surface area contributed by atoms with Crippen LogP contribution in [-0.2, 0) is 6.54 Å². The first-order chi connectivity index (χ1) is 8.27. The lowest BCUT2D eigenvalue weighted by Crippen LogP contribution is -2.02. The van der Waals surface area contributed by atoms with Gasteiger partial charge in [0.15, 0.2) is 0 Å². The number of carboxylic acids is 1. The number of nitrogens with zero attached hydrogens (tertiary/aromatic N) is 2. The van der Waals surface area contributed by atoms with E-state index in [0.717, 1.165) is 17.2 Å². The van der Waals surface area contributed by atoms with E-state index < -0.39 is 5.97 Å². The van der Waals surface area contributed by atoms with Crippen molar-refractivity contribution in [2.75, 3.05) is 5.75 Å². The molecule has 0 saturated carbocycles. The molecule has 0 aliphatic rings. The van der Waals surface area contributed by atoms with Gasteiger partial charge in [-0.2, -0.15) is 5.10 Å². The van der Waals surface area contributed by atoms with E-state index in [1.165, 1.54) is 11.8 Å². The summed E-state index contributed by atoms with van der Waals surface area (Å²) < 4.78 is 1.83. The van der Waals surface area contributed by atoms with Crippen LogP contribution in [0.1, 0.15) is 10.4 Å². The fraction of sp³-hybridized carbons (Fsp3) is 0.167. The Hall–Kier alpha value is -1.75. The Morgan fingerprint density at radius 3 is 2.88 bits per heavy atom. The molecule has 0 aliphatic carbocycles. The quantitative estimate of drug-likeness (QED) is 0.825. The number of benzene rings is 1. The maximum atomic E-state index is 11.0. The van der Waals surface area contributed by atoms with Gasteiger partial charge in [-0.25, -0.2) is 4.79 Å². The van der Waals surface area contributed by atoms with Crippen molar-refractivity contribution in [1.82, 2.24) is 9.78 Å². The molecule has 0 spiro atoms. The van der Waals surface area contributed by atoms with E-state index in [4.69, 9.17) is 5.11 Å². The Balaban J connectivity index is 1.97. The van der Waals surface area contributed by atoms with Crippen molar-refractivity contribution in [3.8, 4) is 0 Å². The Kier molecular flexibility index (Phi) is 3.82. The minimum Gasteiger partial charge on any atom is -0.478 e. The molecule has 0 amide bonds. The Labute approximate surface area is 103 Å². The van der Waals surface area contributed by atoms with Gasteiger partial charge in [0.2, 0.25) is 0 Å². The van der Waals surface area contributed by atoms with Gasteiger partial charge in [0, 0.05) is 23.0 Å². The van der Waals surface area contributed by atoms with Gasteiger partial charge in [-0.05, 0) is 18.2 Å². The second kappa shape index (κ2) is 5.54. The number of aryl methyl sites for hydroxylation is 1. The van der Waals surface area contributed by atoms with Gasteiger partial charge in [0.05, 0.1) is 12.1 Å². The Morgan fingerprint density at radius 2 is 2.18 bits per heavy atom. The van der Waals surface area contributed by atoms with Gasteiger partial charge < -0.3 is 5.11 Å². The van der Waals surface area contributed by atoms with Crippen molar-refractivity contribution in [3.63, 3.8) is 0 Å². The molecule has 5 heteroatoms. The molecule has 4 nitrogen and oxygen atoms in total. The van der Waals surface area contributed by atoms with Gasteiger partial charge in [-0.1, -0.05) is 12.1 Å². The van der Waals surface area contributed by atoms with E-state index in [-0.39, 0.29) is 0 Å². The molecule has 0 saturated heterocycles. The summed E-state index contributed by atoms with van der Waals surface area (Å²) in [6.07, 6.45) is 3.62. The number of carbonyl (C=O) groups is 1. The molecule has 2 rings (SSSR count). The van der Waals surface area contributed by atoms with Crippen LogP contribution in [0, 0.1) is 0 Å². The van der Waals surface area contributed by atoms with E-state index in [0.29, 0.717) is 5.56 Å². The molecule has 0 fully saturated rings. The molecule has 1 aromatic heterocycles. The first-order valence-electron chi connectivity index (χ1n) is 5.20. The van der Waals surface area contributed by atoms with Crippen LogP contribution in [0.5, 0.6) is 0 Å². The van der Waals surface area contributed by atoms with Gasteiger partial charge in [0.25, 0.3) is 0 Å². The van der Waals surface area contributed by atoms with Crippen LogP contribution in [0.2, 0.25) is 0 Å². The van der Waals surface area contributed by atoms with Crippen LogP contribution < -0.4 is 0 Å². The average molecular weight is 248 g/mol. The third kappa shape index (κ3) is 3.10. The third-order valence-corrected chi connectivity index (χ3v) is 3.31. The van der Waals surface area contributed by atoms with E-state index in [2.05, 4.69) is 5.10 Å². The number of thioether (sulfide) groups is 1. The highest BCUT2D eigenvalue weighted by atomic mass is 32.2. The molecule has 17 heavy (non-hydrogen) atoms. The number of carboxylic acid groups (broad SMARTS) is 1. The number of hydrogen-bond acceptors (Lipinski definition) is 3. The van der Waals surface area contributed by atoms with E-state index in [1.807, 2.05) is 29.1 Å². The summed E-state index contributed by atoms with van der Waals surface area (Å²) in [5, 5.41) is 13.1. The lowest BCUT2D eigenvalue weighted by molar-refractivity contribution is 0.0693. The molecule has 1 heterocycles. The Morgan fingerprint density at radius 1 is 1.35 bits per heavy atom. The van der Waals surface area contributed by atoms with Crippen LogP contribution in [-0.4, -0.2) is 26.6 Å². The zero-order valence-electron chi connectivity index (χ0n) is 9.11. The summed E-state index contributed by atoms with van der Waals surface area (Å²) in [5.74, 6) is -0.0846. The van der Waals surface area contributed by atoms with Crippen LogP contribution >= 0.6 is 11.8 Å². The van der Waals surface area contributed by atoms with Gasteiger partial charge >= 0.3 is 5.97 Å². The van der Waals surface area contributed by atoms with Gasteiger partial charge in [-0.3, -0.25) is 4.68 Å². The standard InChI is InChI=1S/C12H12N2O2S/c15-12(16)10-4-1-2-5-11(10)17-9-8-14-7-3-6-13-14/h1-7H,8-9H2,(H,15,16). The van der Waals surface area contributed by atoms with Gasteiger partial charge in [-0.15, -0.1) is 11.8 Å². The summed E-state index contributed by atoms with van der Waals surface area (Å²) in [5.41, 5.74) is 0.359. The average Bonchev–Trinajstić information content (AvgIpc) is 2.82. The smallest absolute Gasteiger partial charge is 0.336 e. The molecule has 0 radical (unpaired) electrons. The fourth-order valence-electron chi connectivity index (χ4n) is 1.45. The second-order valence-electron chi connectivity index (χ2n) is 3.42. The lowest BCUT2D eigenvalue weighted by atomic mass is 10.2. The fourth-order valence-corrected chi connectivity index (χ4v) is 2.43. The summed E-state index contributed by atoms with van der Waals surface area (Å²) in [6.45, 7) is 0.769. The van der Waals surface area contributed by atoms with Gasteiger partial charge in [0.1, 0.15) is 0 Å². The largest absolute Gasteiger partial charge is 0.478 e. The molecule has 1 N–H and O–H groups in total. The maximum Gasteiger partial charge on any atom is 0.336 e. The molecule has 0 unspecified atom stereocenters. The summed E-state index contributed by atoms with van der Waals surface area (Å²) >= 11 is 1.53. The van der Waals surface area contributed by atoms with Crippen molar-refractivity contribution in [2.45, 2.75) is 11.4 Å². The highest BCUT2D eigenvalue weighted by Gasteiger charge is 2.08. The predicted octanol–water partition coefficient (Wildman–Crippen LogP) is 2.37. The highest BCUT2D eigenvalue weighted by Crippen LogP contribution is 2.22. The molecule has 1 aromatic carbocycles. The first kappa shape index (κ1) is 11.7. The second-order valence-corrected chi connectivity index (χ2v) is 4.56. The predicted molar refractivity (Wildman–Crippen MR) is 66.4 cm³/mol. The molecular weight excluding hydrogens is 236 g/mol. The minimum atomic E-state index is -0.882. The molecule has 0 atom stereocenters. The third-order valence-electron chi connectivity index (χ3n) is 2.25. The van der Waals surface area contributed by atoms with Crippen molar-refractivity contribution in [2.24, 2.45) is 0 Å². The maximum absolute atomic E-state index is 11.0. The minimum absolute atomic E-state index is 0.359. The molecular formula is C12H12N2O2S. The van der Waals surface area contributed by atoms with Crippen molar-refractivity contribution >= 4 is 17.7 Å². The molecule has 2 aromatic rings. The summed E-state index contributed by atoms with van der Waals surface area (Å²) in [7, 11) is 0. The Bertz CT molecular complexity index is 497. The van der Waals surface area contributed by atoms with Crippen LogP contribution in [0.15, 0.2) is 47.6 Å². The SMILES string of the molecule is O=C(O)c1ccccc1SCCn1cccn1. The van der Waals surface area contributed by atoms with Crippen molar-refractivity contribution in [1.29, 1.82) is 0 Å². The van der Waals surface area contributed by atoms with E-state index >= 15 is 0 Å². The van der Waals surface area contributed by atoms with Crippen LogP contribution in [0.4, 0.5) is 0 Å². The van der Waals surface area contributed by atoms with Crippen molar-refractivity contribution in [3.05, 3.63) is 48.3 Å². The number of aromatic carboxylic acids is 1. The van der Waals surface area contributed by atoms with Crippen molar-refractivity contribution < 1.29 is 9.90 Å². The number of aromatic nitrogens is 2. The number of rotatable bonds is 5. The molecule has 0 bridgehead atoms. The number of hydrogen-bond donors (Lipinski definition) is 1. The topological polar surface area (TPSA) is 55.1 Å². The van der Waals surface area contributed by atoms with Crippen LogP contribution in [0.25, 0.3) is 0 Å². The normalized spacial score (nSPS) is 10.4. The lowest BCUT2D eigenvalue weighted by Gasteiger charge is -2.05. The zero-order chi connectivity index (χ0) is 12.1. The van der Waals surface area contributed by atoms with Crippen LogP contribution in [0.3, 0.4) is 0 Å². The molecule has 0 aliphatic heterocycles. The monoisotopic (exact) mass is 248 g/mol. The highest BCUT2D eigenvalue weighted by molar-refractivity contribution is 7.99. The zero-order valence-corrected chi connectivity index (χ0v) is 9.93. The van der Waals surface area contributed by atoms with E-state index in [9.17, 15) is 4.79 Å². The molecule has 88 valence electrons. The first-order valence-corrected chi connectivity index (χ1v) is 6.18. The van der Waals surface area contributed by atoms with E-state index in [1.54, 1.807) is 18.3 Å².